The van der Waals surface area contributed by atoms with Gasteiger partial charge in [-0.05, 0) is 36.8 Å². The van der Waals surface area contributed by atoms with Crippen LogP contribution < -0.4 is 4.90 Å². The lowest BCUT2D eigenvalue weighted by atomic mass is 10.1. The molecule has 0 aromatic heterocycles. The van der Waals surface area contributed by atoms with Gasteiger partial charge in [0.2, 0.25) is 0 Å². The van der Waals surface area contributed by atoms with Gasteiger partial charge in [-0.1, -0.05) is 17.7 Å². The molecule has 0 N–H and O–H groups in total. The Morgan fingerprint density at radius 2 is 1.68 bits per heavy atom. The zero-order chi connectivity index (χ0) is 18.0. The predicted molar refractivity (Wildman–Crippen MR) is 100.0 cm³/mol. The SMILES string of the molecule is Cc1ccc(C(=O)N2CCN(c3ccc([N+](C)=O)cc3)CC2)cc1Cl. The molecule has 25 heavy (non-hydrogen) atoms. The Morgan fingerprint density at radius 3 is 2.24 bits per heavy atom. The van der Waals surface area contributed by atoms with Crippen LogP contribution in [0.1, 0.15) is 15.9 Å². The number of nitrogens with zero attached hydrogens (tertiary/aromatic N) is 3. The first-order valence-corrected chi connectivity index (χ1v) is 8.65. The first kappa shape index (κ1) is 17.4. The number of hydrogen-bond acceptors (Lipinski definition) is 3. The maximum Gasteiger partial charge on any atom is 0.255 e. The molecule has 0 unspecified atom stereocenters. The second-order valence-corrected chi connectivity index (χ2v) is 6.66. The van der Waals surface area contributed by atoms with Gasteiger partial charge in [0.05, 0.1) is 0 Å². The van der Waals surface area contributed by atoms with Crippen molar-refractivity contribution in [2.75, 3.05) is 38.1 Å². The van der Waals surface area contributed by atoms with E-state index in [4.69, 9.17) is 11.6 Å². The lowest BCUT2D eigenvalue weighted by Gasteiger charge is -2.36. The Bertz CT molecular complexity index is 797. The maximum absolute atomic E-state index is 12.6. The van der Waals surface area contributed by atoms with E-state index >= 15 is 0 Å². The minimum absolute atomic E-state index is 0.0184. The molecule has 2 aromatic rings. The highest BCUT2D eigenvalue weighted by Gasteiger charge is 2.23. The number of amides is 1. The van der Waals surface area contributed by atoms with E-state index in [2.05, 4.69) is 4.90 Å². The molecule has 1 aliphatic rings. The van der Waals surface area contributed by atoms with E-state index in [-0.39, 0.29) is 5.91 Å². The fraction of sp³-hybridized carbons (Fsp3) is 0.316. The molecule has 0 spiro atoms. The van der Waals surface area contributed by atoms with Crippen LogP contribution in [0.15, 0.2) is 42.5 Å². The van der Waals surface area contributed by atoms with Crippen molar-refractivity contribution >= 4 is 28.9 Å². The first-order chi connectivity index (χ1) is 12.0. The standard InChI is InChI=1S/C19H21ClN3O2/c1-14-3-4-15(13-18(14)20)19(24)23-11-9-22(10-12-23)17-7-5-16(6-8-17)21(2)25/h3-8,13H,9-12H2,1-2H3/q+1. The number of rotatable bonds is 3. The van der Waals surface area contributed by atoms with Gasteiger partial charge >= 0.3 is 0 Å². The molecule has 1 amide bonds. The molecular formula is C19H21ClN3O2+. The predicted octanol–water partition coefficient (Wildman–Crippen LogP) is 3.65. The number of piperazine rings is 1. The van der Waals surface area contributed by atoms with E-state index in [0.717, 1.165) is 29.1 Å². The molecule has 3 rings (SSSR count). The second kappa shape index (κ2) is 7.23. The molecule has 1 saturated heterocycles. The number of benzene rings is 2. The number of nitroso groups, excluding NO2 is 1. The molecule has 6 heteroatoms. The van der Waals surface area contributed by atoms with Gasteiger partial charge in [-0.25, -0.2) is 0 Å². The summed E-state index contributed by atoms with van der Waals surface area (Å²) >= 11 is 6.13. The summed E-state index contributed by atoms with van der Waals surface area (Å²) in [5, 5.41) is 0.618. The summed E-state index contributed by atoms with van der Waals surface area (Å²) in [6.07, 6.45) is 0. The first-order valence-electron chi connectivity index (χ1n) is 8.27. The molecule has 130 valence electrons. The number of carbonyl (C=O) groups is 1. The lowest BCUT2D eigenvalue weighted by Crippen LogP contribution is -2.48. The van der Waals surface area contributed by atoms with Crippen LogP contribution in [0.5, 0.6) is 0 Å². The molecule has 5 nitrogen and oxygen atoms in total. The van der Waals surface area contributed by atoms with Crippen molar-refractivity contribution in [3.05, 3.63) is 63.5 Å². The maximum atomic E-state index is 12.6. The van der Waals surface area contributed by atoms with E-state index in [9.17, 15) is 9.70 Å². The number of carbonyl (C=O) groups excluding carboxylic acids is 1. The summed E-state index contributed by atoms with van der Waals surface area (Å²) in [7, 11) is 1.48. The van der Waals surface area contributed by atoms with E-state index in [0.29, 0.717) is 29.4 Å². The van der Waals surface area contributed by atoms with E-state index in [1.165, 1.54) is 7.05 Å². The molecule has 0 saturated carbocycles. The Labute approximate surface area is 152 Å². The van der Waals surface area contributed by atoms with Crippen LogP contribution in [-0.2, 0) is 0 Å². The van der Waals surface area contributed by atoms with Crippen LogP contribution in [-0.4, -0.2) is 48.8 Å². The third kappa shape index (κ3) is 3.82. The normalized spacial score (nSPS) is 14.5. The topological polar surface area (TPSA) is 43.6 Å². The van der Waals surface area contributed by atoms with Crippen LogP contribution >= 0.6 is 11.6 Å². The van der Waals surface area contributed by atoms with Crippen molar-refractivity contribution in [2.24, 2.45) is 0 Å². The zero-order valence-corrected chi connectivity index (χ0v) is 15.2. The van der Waals surface area contributed by atoms with Crippen LogP contribution in [0.2, 0.25) is 5.02 Å². The second-order valence-electron chi connectivity index (χ2n) is 6.26. The van der Waals surface area contributed by atoms with Crippen LogP contribution in [0.4, 0.5) is 11.4 Å². The summed E-state index contributed by atoms with van der Waals surface area (Å²) in [5.41, 5.74) is 3.30. The van der Waals surface area contributed by atoms with Crippen molar-refractivity contribution in [3.8, 4) is 0 Å². The van der Waals surface area contributed by atoms with Crippen LogP contribution in [0.25, 0.3) is 0 Å². The van der Waals surface area contributed by atoms with Gasteiger partial charge in [0, 0.05) is 64.3 Å². The number of anilines is 1. The van der Waals surface area contributed by atoms with Gasteiger partial charge in [-0.2, -0.15) is 0 Å². The minimum Gasteiger partial charge on any atom is -0.368 e. The average molecular weight is 359 g/mol. The lowest BCUT2D eigenvalue weighted by molar-refractivity contribution is -0.428. The molecule has 1 fully saturated rings. The molecule has 0 radical (unpaired) electrons. The van der Waals surface area contributed by atoms with Crippen LogP contribution in [0, 0.1) is 11.8 Å². The summed E-state index contributed by atoms with van der Waals surface area (Å²) in [4.78, 5) is 28.0. The van der Waals surface area contributed by atoms with Gasteiger partial charge in [-0.3, -0.25) is 4.79 Å². The van der Waals surface area contributed by atoms with Gasteiger partial charge < -0.3 is 9.80 Å². The van der Waals surface area contributed by atoms with Crippen molar-refractivity contribution in [1.29, 1.82) is 0 Å². The highest BCUT2D eigenvalue weighted by atomic mass is 35.5. The highest BCUT2D eigenvalue weighted by Crippen LogP contribution is 2.22. The van der Waals surface area contributed by atoms with Gasteiger partial charge in [-0.15, -0.1) is 0 Å². The Kier molecular flexibility index (Phi) is 5.04. The Hall–Kier alpha value is -2.40. The van der Waals surface area contributed by atoms with E-state index < -0.39 is 0 Å². The van der Waals surface area contributed by atoms with Crippen molar-refractivity contribution in [1.82, 2.24) is 4.90 Å². The molecule has 0 aliphatic carbocycles. The molecule has 0 bridgehead atoms. The van der Waals surface area contributed by atoms with E-state index in [1.807, 2.05) is 48.2 Å². The van der Waals surface area contributed by atoms with Crippen molar-refractivity contribution < 1.29 is 9.55 Å². The number of hydrogen-bond donors (Lipinski definition) is 0. The van der Waals surface area contributed by atoms with Crippen LogP contribution in [0.3, 0.4) is 0 Å². The fourth-order valence-electron chi connectivity index (χ4n) is 2.95. The van der Waals surface area contributed by atoms with E-state index in [1.54, 1.807) is 6.07 Å². The molecular weight excluding hydrogens is 338 g/mol. The average Bonchev–Trinajstić information content (AvgIpc) is 2.63. The third-order valence-electron chi connectivity index (χ3n) is 4.56. The van der Waals surface area contributed by atoms with Gasteiger partial charge in [0.25, 0.3) is 11.6 Å². The third-order valence-corrected chi connectivity index (χ3v) is 4.97. The summed E-state index contributed by atoms with van der Waals surface area (Å²) in [5.74, 6) is 0.0184. The van der Waals surface area contributed by atoms with Crippen molar-refractivity contribution in [2.45, 2.75) is 6.92 Å². The summed E-state index contributed by atoms with van der Waals surface area (Å²) < 4.78 is 0.840. The fourth-order valence-corrected chi connectivity index (χ4v) is 3.13. The molecule has 1 heterocycles. The van der Waals surface area contributed by atoms with Crippen molar-refractivity contribution in [3.63, 3.8) is 0 Å². The Balaban J connectivity index is 1.64. The zero-order valence-electron chi connectivity index (χ0n) is 14.4. The molecule has 1 aliphatic heterocycles. The molecule has 0 atom stereocenters. The summed E-state index contributed by atoms with van der Waals surface area (Å²) in [6.45, 7) is 4.77. The highest BCUT2D eigenvalue weighted by molar-refractivity contribution is 6.31. The summed E-state index contributed by atoms with van der Waals surface area (Å²) in [6, 6.07) is 13.0. The Morgan fingerprint density at radius 1 is 1.04 bits per heavy atom. The number of aryl methyl sites for hydroxylation is 1. The number of halogens is 1. The van der Waals surface area contributed by atoms with Gasteiger partial charge in [0.1, 0.15) is 0 Å². The quantitative estimate of drug-likeness (QED) is 0.786. The molecule has 2 aromatic carbocycles. The monoisotopic (exact) mass is 358 g/mol. The smallest absolute Gasteiger partial charge is 0.255 e. The minimum atomic E-state index is 0.0184. The largest absolute Gasteiger partial charge is 0.368 e. The van der Waals surface area contributed by atoms with Gasteiger partial charge in [0.15, 0.2) is 7.05 Å².